The smallest absolute Gasteiger partial charge is 0.0252 e. The summed E-state index contributed by atoms with van der Waals surface area (Å²) in [7, 11) is 6.51. The first-order chi connectivity index (χ1) is 9.85. The highest BCUT2D eigenvalue weighted by atomic mass is 15.2. The Kier molecular flexibility index (Phi) is 8.22. The van der Waals surface area contributed by atoms with Gasteiger partial charge in [-0.1, -0.05) is 27.7 Å². The molecule has 3 heteroatoms. The second-order valence-electron chi connectivity index (χ2n) is 7.97. The topological polar surface area (TPSA) is 18.5 Å². The Morgan fingerprint density at radius 3 is 2.19 bits per heavy atom. The summed E-state index contributed by atoms with van der Waals surface area (Å²) in [5.41, 5.74) is 0. The van der Waals surface area contributed by atoms with E-state index in [1.807, 2.05) is 0 Å². The third-order valence-electron chi connectivity index (χ3n) is 5.07. The van der Waals surface area contributed by atoms with E-state index in [-0.39, 0.29) is 0 Å². The van der Waals surface area contributed by atoms with E-state index in [1.54, 1.807) is 0 Å². The van der Waals surface area contributed by atoms with Crippen molar-refractivity contribution < 1.29 is 0 Å². The van der Waals surface area contributed by atoms with Crippen molar-refractivity contribution in [2.75, 3.05) is 40.8 Å². The van der Waals surface area contributed by atoms with Gasteiger partial charge in [-0.3, -0.25) is 4.90 Å². The average molecular weight is 298 g/mol. The zero-order valence-electron chi connectivity index (χ0n) is 15.5. The van der Waals surface area contributed by atoms with Gasteiger partial charge in [0.2, 0.25) is 0 Å². The number of likely N-dealkylation sites (N-methyl/N-ethyl adjacent to an activating group) is 2. The monoisotopic (exact) mass is 297 g/mol. The van der Waals surface area contributed by atoms with Crippen LogP contribution in [0.1, 0.15) is 47.0 Å². The Labute approximate surface area is 133 Å². The van der Waals surface area contributed by atoms with Crippen LogP contribution in [0.25, 0.3) is 0 Å². The minimum Gasteiger partial charge on any atom is -0.315 e. The van der Waals surface area contributed by atoms with Crippen LogP contribution in [0.5, 0.6) is 0 Å². The van der Waals surface area contributed by atoms with Crippen LogP contribution >= 0.6 is 0 Å². The molecule has 0 aliphatic heterocycles. The molecule has 0 aromatic carbocycles. The van der Waals surface area contributed by atoms with Gasteiger partial charge in [-0.25, -0.2) is 0 Å². The first-order valence-electron chi connectivity index (χ1n) is 8.91. The molecule has 3 atom stereocenters. The quantitative estimate of drug-likeness (QED) is 0.743. The van der Waals surface area contributed by atoms with Crippen molar-refractivity contribution >= 4 is 0 Å². The third-order valence-corrected chi connectivity index (χ3v) is 5.07. The minimum atomic E-state index is 0.668. The zero-order valence-corrected chi connectivity index (χ0v) is 15.5. The number of hydrogen-bond donors (Lipinski definition) is 1. The Morgan fingerprint density at radius 1 is 1.05 bits per heavy atom. The second kappa shape index (κ2) is 9.12. The minimum absolute atomic E-state index is 0.668. The van der Waals surface area contributed by atoms with Crippen molar-refractivity contribution in [2.45, 2.75) is 59.0 Å². The molecule has 1 aliphatic rings. The summed E-state index contributed by atoms with van der Waals surface area (Å²) in [6, 6.07) is 1.37. The van der Waals surface area contributed by atoms with Gasteiger partial charge >= 0.3 is 0 Å². The molecule has 1 saturated carbocycles. The SMILES string of the molecule is CNC1CCC(C(C)C)CC1N(CCN(C)C)CC(C)C. The Balaban J connectivity index is 2.77. The number of hydrogen-bond acceptors (Lipinski definition) is 3. The van der Waals surface area contributed by atoms with Crippen LogP contribution in [0, 0.1) is 17.8 Å². The van der Waals surface area contributed by atoms with Crippen LogP contribution in [0.15, 0.2) is 0 Å². The summed E-state index contributed by atoms with van der Waals surface area (Å²) in [6.07, 6.45) is 4.09. The summed E-state index contributed by atoms with van der Waals surface area (Å²) in [6.45, 7) is 13.1. The second-order valence-corrected chi connectivity index (χ2v) is 7.97. The highest BCUT2D eigenvalue weighted by Crippen LogP contribution is 2.33. The summed E-state index contributed by atoms with van der Waals surface area (Å²) < 4.78 is 0. The number of rotatable bonds is 8. The summed E-state index contributed by atoms with van der Waals surface area (Å²) >= 11 is 0. The maximum absolute atomic E-state index is 3.60. The molecule has 0 saturated heterocycles. The van der Waals surface area contributed by atoms with Gasteiger partial charge in [0.25, 0.3) is 0 Å². The molecule has 3 unspecified atom stereocenters. The van der Waals surface area contributed by atoms with Crippen LogP contribution in [0.3, 0.4) is 0 Å². The molecule has 1 N–H and O–H groups in total. The van der Waals surface area contributed by atoms with E-state index in [9.17, 15) is 0 Å². The van der Waals surface area contributed by atoms with E-state index < -0.39 is 0 Å². The maximum atomic E-state index is 3.60. The molecule has 0 bridgehead atoms. The molecule has 1 rings (SSSR count). The van der Waals surface area contributed by atoms with E-state index in [2.05, 4.69) is 64.0 Å². The highest BCUT2D eigenvalue weighted by Gasteiger charge is 2.34. The predicted octanol–water partition coefficient (Wildman–Crippen LogP) is 2.92. The molecule has 3 nitrogen and oxygen atoms in total. The molecule has 0 heterocycles. The lowest BCUT2D eigenvalue weighted by molar-refractivity contribution is 0.0713. The van der Waals surface area contributed by atoms with Gasteiger partial charge < -0.3 is 10.2 Å². The van der Waals surface area contributed by atoms with Gasteiger partial charge in [0.15, 0.2) is 0 Å². The molecule has 126 valence electrons. The van der Waals surface area contributed by atoms with Crippen molar-refractivity contribution in [3.8, 4) is 0 Å². The van der Waals surface area contributed by atoms with Gasteiger partial charge in [-0.15, -0.1) is 0 Å². The van der Waals surface area contributed by atoms with Crippen LogP contribution in [-0.4, -0.2) is 62.7 Å². The molecule has 0 aromatic rings. The molecular weight excluding hydrogens is 258 g/mol. The van der Waals surface area contributed by atoms with Crippen molar-refractivity contribution in [2.24, 2.45) is 17.8 Å². The molecule has 1 aliphatic carbocycles. The largest absolute Gasteiger partial charge is 0.315 e. The molecule has 0 radical (unpaired) electrons. The fraction of sp³-hybridized carbons (Fsp3) is 1.00. The van der Waals surface area contributed by atoms with Gasteiger partial charge in [0.05, 0.1) is 0 Å². The fourth-order valence-corrected chi connectivity index (χ4v) is 3.71. The van der Waals surface area contributed by atoms with Crippen LogP contribution in [0.2, 0.25) is 0 Å². The predicted molar refractivity (Wildman–Crippen MR) is 93.8 cm³/mol. The van der Waals surface area contributed by atoms with Gasteiger partial charge in [0, 0.05) is 31.7 Å². The lowest BCUT2D eigenvalue weighted by Crippen LogP contribution is -2.55. The first kappa shape index (κ1) is 18.9. The van der Waals surface area contributed by atoms with Crippen molar-refractivity contribution in [3.05, 3.63) is 0 Å². The van der Waals surface area contributed by atoms with E-state index >= 15 is 0 Å². The van der Waals surface area contributed by atoms with E-state index in [0.29, 0.717) is 12.1 Å². The van der Waals surface area contributed by atoms with Crippen molar-refractivity contribution in [1.82, 2.24) is 15.1 Å². The number of nitrogens with one attached hydrogen (secondary N) is 1. The van der Waals surface area contributed by atoms with Crippen molar-refractivity contribution in [1.29, 1.82) is 0 Å². The molecule has 0 amide bonds. The van der Waals surface area contributed by atoms with Crippen LogP contribution in [0.4, 0.5) is 0 Å². The standard InChI is InChI=1S/C18H39N3/c1-14(2)13-21(11-10-20(6)7)18-12-16(15(3)4)8-9-17(18)19-5/h14-19H,8-13H2,1-7H3. The Hall–Kier alpha value is -0.120. The molecule has 1 fully saturated rings. The van der Waals surface area contributed by atoms with E-state index in [0.717, 1.165) is 24.3 Å². The summed E-state index contributed by atoms with van der Waals surface area (Å²) in [5, 5.41) is 3.60. The van der Waals surface area contributed by atoms with Crippen LogP contribution in [-0.2, 0) is 0 Å². The average Bonchev–Trinajstić information content (AvgIpc) is 2.42. The van der Waals surface area contributed by atoms with Crippen LogP contribution < -0.4 is 5.32 Å². The fourth-order valence-electron chi connectivity index (χ4n) is 3.71. The zero-order chi connectivity index (χ0) is 16.0. The number of nitrogens with zero attached hydrogens (tertiary/aromatic N) is 2. The van der Waals surface area contributed by atoms with E-state index in [1.165, 1.54) is 32.4 Å². The Morgan fingerprint density at radius 2 is 1.71 bits per heavy atom. The first-order valence-corrected chi connectivity index (χ1v) is 8.91. The van der Waals surface area contributed by atoms with E-state index in [4.69, 9.17) is 0 Å². The summed E-state index contributed by atoms with van der Waals surface area (Å²) in [4.78, 5) is 5.07. The third kappa shape index (κ3) is 6.25. The lowest BCUT2D eigenvalue weighted by Gasteiger charge is -2.44. The molecular formula is C18H39N3. The maximum Gasteiger partial charge on any atom is 0.0252 e. The molecule has 0 spiro atoms. The van der Waals surface area contributed by atoms with Gasteiger partial charge in [0.1, 0.15) is 0 Å². The lowest BCUT2D eigenvalue weighted by atomic mass is 9.76. The highest BCUT2D eigenvalue weighted by molar-refractivity contribution is 4.92. The summed E-state index contributed by atoms with van der Waals surface area (Å²) in [5.74, 6) is 2.46. The van der Waals surface area contributed by atoms with Gasteiger partial charge in [-0.05, 0) is 58.2 Å². The molecule has 21 heavy (non-hydrogen) atoms. The normalized spacial score (nSPS) is 27.3. The van der Waals surface area contributed by atoms with Crippen molar-refractivity contribution in [3.63, 3.8) is 0 Å². The van der Waals surface area contributed by atoms with Gasteiger partial charge in [-0.2, -0.15) is 0 Å². The Bertz CT molecular complexity index is 276. The molecule has 0 aromatic heterocycles.